The van der Waals surface area contributed by atoms with Crippen LogP contribution in [0.3, 0.4) is 0 Å². The summed E-state index contributed by atoms with van der Waals surface area (Å²) in [5.74, 6) is -0.911. The van der Waals surface area contributed by atoms with Crippen molar-refractivity contribution in [2.75, 3.05) is 20.1 Å². The molecular formula is C29H35F2N3S. The second kappa shape index (κ2) is 11.5. The molecule has 6 heteroatoms. The molecule has 0 fully saturated rings. The lowest BCUT2D eigenvalue weighted by Gasteiger charge is -2.12. The highest BCUT2D eigenvalue weighted by atomic mass is 32.1. The molecule has 2 aromatic carbocycles. The normalized spacial score (nSPS) is 14.0. The van der Waals surface area contributed by atoms with Gasteiger partial charge in [-0.3, -0.25) is 4.99 Å². The minimum Gasteiger partial charge on any atom is -0.306 e. The highest BCUT2D eigenvalue weighted by Gasteiger charge is 2.23. The molecule has 0 bridgehead atoms. The van der Waals surface area contributed by atoms with Crippen LogP contribution in [-0.4, -0.2) is 36.2 Å². The molecule has 0 aliphatic heterocycles. The fourth-order valence-corrected chi connectivity index (χ4v) is 5.54. The maximum absolute atomic E-state index is 15.4. The van der Waals surface area contributed by atoms with Crippen molar-refractivity contribution in [2.24, 2.45) is 4.99 Å². The van der Waals surface area contributed by atoms with Gasteiger partial charge in [0.2, 0.25) is 0 Å². The van der Waals surface area contributed by atoms with Crippen molar-refractivity contribution in [2.45, 2.75) is 65.7 Å². The van der Waals surface area contributed by atoms with Crippen molar-refractivity contribution in [3.05, 3.63) is 68.7 Å². The van der Waals surface area contributed by atoms with Crippen molar-refractivity contribution >= 4 is 23.2 Å². The minimum atomic E-state index is -0.497. The molecule has 0 saturated carbocycles. The molecule has 1 aliphatic rings. The zero-order valence-electron chi connectivity index (χ0n) is 21.3. The zero-order valence-corrected chi connectivity index (χ0v) is 22.1. The van der Waals surface area contributed by atoms with Gasteiger partial charge in [0.25, 0.3) is 0 Å². The van der Waals surface area contributed by atoms with Gasteiger partial charge in [-0.25, -0.2) is 13.8 Å². The summed E-state index contributed by atoms with van der Waals surface area (Å²) in [5, 5.41) is 2.35. The van der Waals surface area contributed by atoms with E-state index < -0.39 is 11.6 Å². The quantitative estimate of drug-likeness (QED) is 0.238. The third-order valence-corrected chi connectivity index (χ3v) is 7.90. The smallest absolute Gasteiger partial charge is 0.139 e. The van der Waals surface area contributed by atoms with Crippen molar-refractivity contribution in [3.8, 4) is 10.6 Å². The Morgan fingerprint density at radius 1 is 1.09 bits per heavy atom. The molecule has 1 aromatic heterocycles. The summed E-state index contributed by atoms with van der Waals surface area (Å²) in [6.45, 7) is 8.33. The van der Waals surface area contributed by atoms with Crippen LogP contribution in [0.1, 0.15) is 66.1 Å². The fourth-order valence-electron chi connectivity index (χ4n) is 4.68. The monoisotopic (exact) mass is 495 g/mol. The number of hydrogen-bond acceptors (Lipinski definition) is 4. The third-order valence-electron chi connectivity index (χ3n) is 6.99. The average molecular weight is 496 g/mol. The number of hydrogen-bond donors (Lipinski definition) is 0. The summed E-state index contributed by atoms with van der Waals surface area (Å²) < 4.78 is 30.3. The number of fused-ring (bicyclic) bond motifs is 1. The van der Waals surface area contributed by atoms with E-state index in [0.29, 0.717) is 23.4 Å². The van der Waals surface area contributed by atoms with Crippen LogP contribution in [0.5, 0.6) is 0 Å². The maximum atomic E-state index is 15.4. The number of aryl methyl sites for hydroxylation is 3. The summed E-state index contributed by atoms with van der Waals surface area (Å²) in [6, 6.07) is 5.81. The van der Waals surface area contributed by atoms with E-state index in [-0.39, 0.29) is 5.56 Å². The number of thiazole rings is 1. The van der Waals surface area contributed by atoms with Crippen LogP contribution in [0.15, 0.2) is 28.6 Å². The standard InChI is InChI=1S/C29H35F2N3S/c1-5-34(4)13-9-12-32-26-15-19(2)22(14-20(26)3)16-23-18-35-29(33-23)27-25(30)17-21-10-7-6-8-11-24(21)28(27)31/h12,14-15,17-18H,5-11,13,16H2,1-4H3. The summed E-state index contributed by atoms with van der Waals surface area (Å²) in [7, 11) is 2.11. The van der Waals surface area contributed by atoms with Gasteiger partial charge in [0.15, 0.2) is 0 Å². The van der Waals surface area contributed by atoms with Gasteiger partial charge in [-0.2, -0.15) is 0 Å². The van der Waals surface area contributed by atoms with Crippen LogP contribution in [0.4, 0.5) is 14.5 Å². The number of benzene rings is 2. The first kappa shape index (κ1) is 25.6. The van der Waals surface area contributed by atoms with Gasteiger partial charge in [-0.05, 0) is 99.5 Å². The van der Waals surface area contributed by atoms with Crippen LogP contribution in [-0.2, 0) is 19.3 Å². The summed E-state index contributed by atoms with van der Waals surface area (Å²) in [4.78, 5) is 11.6. The van der Waals surface area contributed by atoms with E-state index in [9.17, 15) is 4.39 Å². The molecule has 1 heterocycles. The highest BCUT2D eigenvalue weighted by molar-refractivity contribution is 7.13. The van der Waals surface area contributed by atoms with Crippen molar-refractivity contribution in [3.63, 3.8) is 0 Å². The second-order valence-corrected chi connectivity index (χ2v) is 10.5. The van der Waals surface area contributed by atoms with Gasteiger partial charge < -0.3 is 4.90 Å². The van der Waals surface area contributed by atoms with Gasteiger partial charge in [-0.15, -0.1) is 11.3 Å². The third kappa shape index (κ3) is 6.04. The predicted octanol–water partition coefficient (Wildman–Crippen LogP) is 7.61. The maximum Gasteiger partial charge on any atom is 0.139 e. The van der Waals surface area contributed by atoms with Crippen molar-refractivity contribution in [1.29, 1.82) is 0 Å². The van der Waals surface area contributed by atoms with Gasteiger partial charge in [0.1, 0.15) is 16.6 Å². The summed E-state index contributed by atoms with van der Waals surface area (Å²) >= 11 is 1.32. The molecule has 0 amide bonds. The van der Waals surface area contributed by atoms with Crippen molar-refractivity contribution in [1.82, 2.24) is 9.88 Å². The van der Waals surface area contributed by atoms with Crippen LogP contribution >= 0.6 is 11.3 Å². The topological polar surface area (TPSA) is 28.5 Å². The van der Waals surface area contributed by atoms with Crippen LogP contribution in [0.25, 0.3) is 10.6 Å². The van der Waals surface area contributed by atoms with E-state index in [2.05, 4.69) is 54.8 Å². The van der Waals surface area contributed by atoms with Gasteiger partial charge >= 0.3 is 0 Å². The Bertz CT molecular complexity index is 1220. The second-order valence-electron chi connectivity index (χ2n) is 9.63. The average Bonchev–Trinajstić information content (AvgIpc) is 3.14. The lowest BCUT2D eigenvalue weighted by atomic mass is 9.98. The van der Waals surface area contributed by atoms with Crippen molar-refractivity contribution < 1.29 is 8.78 Å². The van der Waals surface area contributed by atoms with E-state index in [1.54, 1.807) is 0 Å². The molecule has 35 heavy (non-hydrogen) atoms. The zero-order chi connectivity index (χ0) is 24.9. The summed E-state index contributed by atoms with van der Waals surface area (Å²) in [5.41, 5.74) is 6.77. The molecule has 0 atom stereocenters. The lowest BCUT2D eigenvalue weighted by molar-refractivity contribution is 0.365. The molecule has 186 valence electrons. The minimum absolute atomic E-state index is 0.0354. The molecular weight excluding hydrogens is 460 g/mol. The van der Waals surface area contributed by atoms with Gasteiger partial charge in [-0.1, -0.05) is 19.4 Å². The summed E-state index contributed by atoms with van der Waals surface area (Å²) in [6.07, 6.45) is 7.97. The number of nitrogens with zero attached hydrogens (tertiary/aromatic N) is 3. The Morgan fingerprint density at radius 2 is 1.89 bits per heavy atom. The first-order valence-electron chi connectivity index (χ1n) is 12.6. The fraction of sp³-hybridized carbons (Fsp3) is 0.448. The number of aromatic nitrogens is 1. The number of rotatable bonds is 8. The molecule has 0 unspecified atom stereocenters. The molecule has 3 aromatic rings. The van der Waals surface area contributed by atoms with Crippen LogP contribution < -0.4 is 0 Å². The Hall–Kier alpha value is -2.44. The van der Waals surface area contributed by atoms with Crippen LogP contribution in [0.2, 0.25) is 0 Å². The molecule has 1 aliphatic carbocycles. The first-order valence-corrected chi connectivity index (χ1v) is 13.5. The molecule has 0 spiro atoms. The number of halogens is 2. The highest BCUT2D eigenvalue weighted by Crippen LogP contribution is 2.35. The molecule has 3 nitrogen and oxygen atoms in total. The molecule has 0 radical (unpaired) electrons. The Morgan fingerprint density at radius 3 is 2.69 bits per heavy atom. The van der Waals surface area contributed by atoms with E-state index in [1.165, 1.54) is 17.4 Å². The predicted molar refractivity (Wildman–Crippen MR) is 143 cm³/mol. The van der Waals surface area contributed by atoms with E-state index in [4.69, 9.17) is 0 Å². The van der Waals surface area contributed by atoms with Crippen LogP contribution in [0, 0.1) is 25.5 Å². The van der Waals surface area contributed by atoms with E-state index >= 15 is 4.39 Å². The van der Waals surface area contributed by atoms with E-state index in [0.717, 1.165) is 78.8 Å². The molecule has 4 rings (SSSR count). The molecule has 0 saturated heterocycles. The SMILES string of the molecule is CCN(C)CCC=Nc1cc(C)c(Cc2csc(-c3c(F)cc4c(c3F)CCCCC4)n2)cc1C. The first-order chi connectivity index (χ1) is 16.9. The van der Waals surface area contributed by atoms with Gasteiger partial charge in [0.05, 0.1) is 16.9 Å². The Labute approximate surface area is 211 Å². The lowest BCUT2D eigenvalue weighted by Crippen LogP contribution is -2.18. The molecule has 0 N–H and O–H groups in total. The Balaban J connectivity index is 1.52. The Kier molecular flexibility index (Phi) is 8.45. The van der Waals surface area contributed by atoms with Gasteiger partial charge in [0, 0.05) is 24.6 Å². The number of aliphatic imine (C=N–C) groups is 1. The van der Waals surface area contributed by atoms with E-state index in [1.807, 2.05) is 11.6 Å². The largest absolute Gasteiger partial charge is 0.306 e.